The van der Waals surface area contributed by atoms with Gasteiger partial charge in [-0.1, -0.05) is 42.5 Å². The molecule has 1 aliphatic carbocycles. The second-order valence-electron chi connectivity index (χ2n) is 17.0. The van der Waals surface area contributed by atoms with Crippen LogP contribution in [-0.2, 0) is 31.0 Å². The number of hydrogen-bond donors (Lipinski definition) is 2. The van der Waals surface area contributed by atoms with Crippen molar-refractivity contribution in [2.24, 2.45) is 7.05 Å². The molecule has 61 heavy (non-hydrogen) atoms. The number of aryl methyl sites for hydroxylation is 2. The van der Waals surface area contributed by atoms with E-state index in [0.717, 1.165) is 46.0 Å². The van der Waals surface area contributed by atoms with Gasteiger partial charge in [-0.25, -0.2) is 27.6 Å². The summed E-state index contributed by atoms with van der Waals surface area (Å²) in [6.45, 7) is 5.69. The van der Waals surface area contributed by atoms with Crippen LogP contribution in [0.2, 0.25) is 0 Å². The Labute approximate surface area is 349 Å². The number of para-hydroxylation sites is 1. The number of H-pyrrole nitrogens is 2. The minimum atomic E-state index is -1.59. The molecule has 0 fully saturated rings. The molecule has 0 bridgehead atoms. The Balaban J connectivity index is 0.820. The number of benzene rings is 4. The first-order valence-corrected chi connectivity index (χ1v) is 20.7. The van der Waals surface area contributed by atoms with Gasteiger partial charge < -0.3 is 14.5 Å². The number of nitrogens with one attached hydrogen (secondary N) is 2. The number of aromatic nitrogens is 6. The third-order valence-corrected chi connectivity index (χ3v) is 12.2. The quantitative estimate of drug-likeness (QED) is 0.0885. The van der Waals surface area contributed by atoms with Gasteiger partial charge in [-0.15, -0.1) is 0 Å². The lowest BCUT2D eigenvalue weighted by atomic mass is 9.73. The lowest BCUT2D eigenvalue weighted by Crippen LogP contribution is -2.48. The van der Waals surface area contributed by atoms with Gasteiger partial charge in [0.25, 0.3) is 5.56 Å². The van der Waals surface area contributed by atoms with Gasteiger partial charge in [0, 0.05) is 71.8 Å². The van der Waals surface area contributed by atoms with Gasteiger partial charge >= 0.3 is 0 Å². The summed E-state index contributed by atoms with van der Waals surface area (Å²) in [5.41, 5.74) is 3.87. The van der Waals surface area contributed by atoms with Crippen molar-refractivity contribution in [3.63, 3.8) is 0 Å². The van der Waals surface area contributed by atoms with Gasteiger partial charge in [0.05, 0.1) is 29.6 Å². The molecule has 14 heteroatoms. The number of nitrogens with zero attached hydrogens (tertiary/aromatic N) is 5. The van der Waals surface area contributed by atoms with Gasteiger partial charge in [-0.05, 0) is 86.9 Å². The molecule has 2 aliphatic rings. The van der Waals surface area contributed by atoms with Crippen molar-refractivity contribution in [1.29, 1.82) is 0 Å². The highest BCUT2D eigenvalue weighted by Gasteiger charge is 2.41. The van der Waals surface area contributed by atoms with Crippen molar-refractivity contribution in [2.75, 3.05) is 26.4 Å². The number of hydrogen-bond acceptors (Lipinski definition) is 7. The summed E-state index contributed by atoms with van der Waals surface area (Å²) >= 11 is 0. The highest BCUT2D eigenvalue weighted by molar-refractivity contribution is 5.89. The highest BCUT2D eigenvalue weighted by atomic mass is 19.1. The summed E-state index contributed by atoms with van der Waals surface area (Å²) in [7, 11) is 1.82. The molecule has 0 spiro atoms. The van der Waals surface area contributed by atoms with Crippen molar-refractivity contribution in [3.8, 4) is 5.75 Å². The molecule has 316 valence electrons. The molecule has 1 aliphatic heterocycles. The van der Waals surface area contributed by atoms with Crippen LogP contribution in [0.5, 0.6) is 5.75 Å². The predicted octanol–water partition coefficient (Wildman–Crippen LogP) is 8.53. The smallest absolute Gasteiger partial charge is 0.272 e. The summed E-state index contributed by atoms with van der Waals surface area (Å²) in [6, 6.07) is 20.2. The number of aromatic amines is 2. The predicted molar refractivity (Wildman–Crippen MR) is 224 cm³/mol. The van der Waals surface area contributed by atoms with Crippen LogP contribution in [0.3, 0.4) is 0 Å². The third-order valence-electron chi connectivity index (χ3n) is 12.2. The average Bonchev–Trinajstić information content (AvgIpc) is 3.81. The lowest BCUT2D eigenvalue weighted by Gasteiger charge is -2.43. The highest BCUT2D eigenvalue weighted by Crippen LogP contribution is 2.47. The molecule has 4 aromatic carbocycles. The van der Waals surface area contributed by atoms with Gasteiger partial charge in [0.2, 0.25) is 0 Å². The molecule has 0 saturated carbocycles. The molecule has 3 aromatic heterocycles. The fraction of sp³-hybridized carbons (Fsp3) is 0.362. The second-order valence-corrected chi connectivity index (χ2v) is 17.0. The van der Waals surface area contributed by atoms with Gasteiger partial charge in [0.1, 0.15) is 47.6 Å². The molecule has 0 amide bonds. The Morgan fingerprint density at radius 2 is 1.70 bits per heavy atom. The zero-order chi connectivity index (χ0) is 42.6. The first-order valence-electron chi connectivity index (χ1n) is 20.7. The first-order chi connectivity index (χ1) is 29.3. The number of fused-ring (bicyclic) bond motifs is 3. The third kappa shape index (κ3) is 7.83. The molecule has 4 heterocycles. The Hall–Kier alpha value is -5.86. The molecule has 4 atom stereocenters. The van der Waals surface area contributed by atoms with E-state index in [0.29, 0.717) is 42.0 Å². The van der Waals surface area contributed by atoms with E-state index in [1.165, 1.54) is 44.4 Å². The summed E-state index contributed by atoms with van der Waals surface area (Å²) < 4.78 is 75.2. The maximum atomic E-state index is 16.1. The minimum absolute atomic E-state index is 0.00222. The molecule has 0 saturated heterocycles. The van der Waals surface area contributed by atoms with Crippen LogP contribution >= 0.6 is 0 Å². The molecular formula is C47H47F4N7O3. The van der Waals surface area contributed by atoms with Crippen molar-refractivity contribution < 1.29 is 27.0 Å². The van der Waals surface area contributed by atoms with Crippen LogP contribution in [0.4, 0.5) is 17.6 Å². The minimum Gasteiger partial charge on any atom is -0.491 e. The Bertz CT molecular complexity index is 2770. The number of halogens is 4. The maximum Gasteiger partial charge on any atom is 0.272 e. The average molecular weight is 834 g/mol. The molecule has 7 aromatic rings. The Kier molecular flexibility index (Phi) is 10.8. The van der Waals surface area contributed by atoms with Crippen LogP contribution in [0.25, 0.3) is 21.7 Å². The lowest BCUT2D eigenvalue weighted by molar-refractivity contribution is 0.0641. The van der Waals surface area contributed by atoms with Crippen LogP contribution in [-0.4, -0.2) is 72.9 Å². The normalized spacial score (nSPS) is 19.1. The van der Waals surface area contributed by atoms with Crippen LogP contribution in [0.1, 0.15) is 90.1 Å². The van der Waals surface area contributed by atoms with E-state index in [2.05, 4.69) is 49.5 Å². The zero-order valence-corrected chi connectivity index (χ0v) is 34.4. The topological polar surface area (TPSA) is 114 Å². The molecule has 2 N–H and O–H groups in total. The largest absolute Gasteiger partial charge is 0.491 e. The van der Waals surface area contributed by atoms with Crippen molar-refractivity contribution in [2.45, 2.75) is 76.0 Å². The molecule has 0 unspecified atom stereocenters. The zero-order valence-electron chi connectivity index (χ0n) is 34.4. The van der Waals surface area contributed by atoms with E-state index in [1.54, 1.807) is 4.68 Å². The van der Waals surface area contributed by atoms with E-state index in [-0.39, 0.29) is 54.3 Å². The first kappa shape index (κ1) is 40.5. The van der Waals surface area contributed by atoms with Gasteiger partial charge in [-0.3, -0.25) is 14.4 Å². The van der Waals surface area contributed by atoms with Crippen molar-refractivity contribution >= 4 is 21.7 Å². The van der Waals surface area contributed by atoms with E-state index in [4.69, 9.17) is 9.47 Å². The fourth-order valence-corrected chi connectivity index (χ4v) is 9.54. The monoisotopic (exact) mass is 833 g/mol. The molecule has 0 radical (unpaired) electrons. The van der Waals surface area contributed by atoms with Crippen LogP contribution in [0.15, 0.2) is 83.9 Å². The van der Waals surface area contributed by atoms with E-state index in [1.807, 2.05) is 43.1 Å². The summed E-state index contributed by atoms with van der Waals surface area (Å²) in [4.78, 5) is 22.5. The summed E-state index contributed by atoms with van der Waals surface area (Å²) in [5, 5.41) is 13.3. The number of ether oxygens (including phenoxy) is 2. The molecule has 9 rings (SSSR count). The fourth-order valence-electron chi connectivity index (χ4n) is 9.54. The SMILES string of the molecule is C[C@@H]1Cc2c([nH]c3ccccc23)[C@@H](c2c(F)cc(OCCOCCCc3ccc([C@H]4Cc5cc(F)cc6c(=O)[nH]nc(c56)[C@@H]4c4ncnn4C)cc3)cc2F)N1CC(C)(C)F. The molecular weight excluding hydrogens is 787 g/mol. The number of rotatable bonds is 13. The van der Waals surface area contributed by atoms with Gasteiger partial charge in [0.15, 0.2) is 0 Å². The van der Waals surface area contributed by atoms with E-state index in [9.17, 15) is 9.18 Å². The Morgan fingerprint density at radius 3 is 2.44 bits per heavy atom. The standard InChI is InChI=1S/C47H47F4N7O3/c1-26-18-34-32-9-5-6-10-38(32)54-42(34)44(58(26)24-47(2,3)51)41-36(49)22-31(23-37(41)50)61-17-16-60-15-7-8-27-11-13-28(14-12-27)33-20-29-19-30(48)21-35-39(29)43(55-56-46(35)59)40(33)45-52-25-53-57(45)4/h5-6,9-14,19,21-23,25-26,33,40,44,54H,7-8,15-18,20,24H2,1-4H3,(H,56,59)/t26-,33-,40-,44-/m1/s1. The van der Waals surface area contributed by atoms with Gasteiger partial charge in [-0.2, -0.15) is 10.2 Å². The van der Waals surface area contributed by atoms with E-state index < -0.39 is 34.7 Å². The van der Waals surface area contributed by atoms with E-state index >= 15 is 13.2 Å². The van der Waals surface area contributed by atoms with Crippen molar-refractivity contribution in [3.05, 3.63) is 152 Å². The molecule has 10 nitrogen and oxygen atoms in total. The maximum absolute atomic E-state index is 16.1. The van der Waals surface area contributed by atoms with Crippen LogP contribution in [0, 0.1) is 17.5 Å². The summed E-state index contributed by atoms with van der Waals surface area (Å²) in [5.74, 6) is -1.70. The van der Waals surface area contributed by atoms with Crippen molar-refractivity contribution in [1.82, 2.24) is 34.8 Å². The number of alkyl halides is 1. The Morgan fingerprint density at radius 1 is 0.934 bits per heavy atom. The van der Waals surface area contributed by atoms with Crippen LogP contribution < -0.4 is 10.3 Å². The summed E-state index contributed by atoms with van der Waals surface area (Å²) in [6.07, 6.45) is 4.09. The second kappa shape index (κ2) is 16.2.